The molecule has 0 aliphatic carbocycles. The summed E-state index contributed by atoms with van der Waals surface area (Å²) in [7, 11) is 0. The fourth-order valence-corrected chi connectivity index (χ4v) is 2.30. The summed E-state index contributed by atoms with van der Waals surface area (Å²) in [5.41, 5.74) is 2.20. The van der Waals surface area contributed by atoms with Gasteiger partial charge in [-0.3, -0.25) is 10.1 Å². The van der Waals surface area contributed by atoms with E-state index in [9.17, 15) is 10.1 Å². The molecule has 1 aliphatic rings. The maximum absolute atomic E-state index is 10.8. The highest BCUT2D eigenvalue weighted by atomic mass is 16.6. The van der Waals surface area contributed by atoms with Crippen molar-refractivity contribution in [3.05, 3.63) is 52.1 Å². The minimum Gasteiger partial charge on any atom is -0.303 e. The minimum absolute atomic E-state index is 0.160. The largest absolute Gasteiger partial charge is 0.303 e. The quantitative estimate of drug-likeness (QED) is 0.556. The lowest BCUT2D eigenvalue weighted by Gasteiger charge is -2.08. The molecule has 0 saturated carbocycles. The van der Waals surface area contributed by atoms with Gasteiger partial charge in [0.15, 0.2) is 0 Å². The van der Waals surface area contributed by atoms with Crippen LogP contribution in [0.5, 0.6) is 0 Å². The monoisotopic (exact) mass is 229 g/mol. The van der Waals surface area contributed by atoms with Crippen molar-refractivity contribution in [3.63, 3.8) is 0 Å². The smallest absolute Gasteiger partial charge is 0.269 e. The van der Waals surface area contributed by atoms with Gasteiger partial charge in [0.25, 0.3) is 5.69 Å². The molecule has 3 rings (SSSR count). The molecule has 1 aromatic heterocycles. The topological polar surface area (TPSA) is 61.0 Å². The number of nitro benzene ring substituents is 1. The second kappa shape index (κ2) is 3.69. The fraction of sp³-hybridized carbons (Fsp3) is 0.250. The molecule has 0 radical (unpaired) electrons. The molecule has 17 heavy (non-hydrogen) atoms. The van der Waals surface area contributed by atoms with Crippen LogP contribution in [0.4, 0.5) is 5.69 Å². The van der Waals surface area contributed by atoms with E-state index in [1.165, 1.54) is 0 Å². The predicted octanol–water partition coefficient (Wildman–Crippen LogP) is 2.27. The van der Waals surface area contributed by atoms with Crippen LogP contribution < -0.4 is 0 Å². The van der Waals surface area contributed by atoms with Gasteiger partial charge in [-0.1, -0.05) is 0 Å². The van der Waals surface area contributed by atoms with Crippen LogP contribution >= 0.6 is 0 Å². The molecule has 0 atom stereocenters. The van der Waals surface area contributed by atoms with Crippen LogP contribution in [0, 0.1) is 10.1 Å². The number of hydrogen-bond donors (Lipinski definition) is 0. The maximum atomic E-state index is 10.8. The van der Waals surface area contributed by atoms with Gasteiger partial charge in [-0.05, 0) is 24.5 Å². The number of aromatic nitrogens is 2. The summed E-state index contributed by atoms with van der Waals surface area (Å²) < 4.78 is 2.02. The van der Waals surface area contributed by atoms with Crippen LogP contribution in [0.15, 0.2) is 30.6 Å². The van der Waals surface area contributed by atoms with E-state index in [-0.39, 0.29) is 10.6 Å². The van der Waals surface area contributed by atoms with E-state index in [1.54, 1.807) is 18.3 Å². The first-order valence-electron chi connectivity index (χ1n) is 5.55. The van der Waals surface area contributed by atoms with E-state index >= 15 is 0 Å². The van der Waals surface area contributed by atoms with Gasteiger partial charge in [0.05, 0.1) is 10.6 Å². The molecular formula is C12H11N3O2. The number of nitro groups is 1. The maximum Gasteiger partial charge on any atom is 0.269 e. The van der Waals surface area contributed by atoms with Crippen molar-refractivity contribution in [2.45, 2.75) is 19.3 Å². The van der Waals surface area contributed by atoms with Crippen LogP contribution in [0.1, 0.15) is 17.8 Å². The second-order valence-corrected chi connectivity index (χ2v) is 4.14. The third kappa shape index (κ3) is 1.60. The van der Waals surface area contributed by atoms with Crippen LogP contribution in [0.25, 0.3) is 5.69 Å². The molecule has 5 nitrogen and oxygen atoms in total. The summed E-state index contributed by atoms with van der Waals surface area (Å²) in [6, 6.07) is 5.03. The van der Waals surface area contributed by atoms with Crippen molar-refractivity contribution in [1.82, 2.24) is 9.55 Å². The molecule has 0 amide bonds. The van der Waals surface area contributed by atoms with Crippen LogP contribution in [-0.2, 0) is 12.8 Å². The Morgan fingerprint density at radius 3 is 3.06 bits per heavy atom. The van der Waals surface area contributed by atoms with Gasteiger partial charge in [-0.2, -0.15) is 0 Å². The molecule has 1 aliphatic heterocycles. The summed E-state index contributed by atoms with van der Waals surface area (Å²) in [6.07, 6.45) is 6.43. The number of rotatable bonds is 1. The minimum atomic E-state index is -0.347. The van der Waals surface area contributed by atoms with E-state index < -0.39 is 0 Å². The Kier molecular flexibility index (Phi) is 2.18. The molecule has 2 heterocycles. The van der Waals surface area contributed by atoms with Crippen molar-refractivity contribution in [1.29, 1.82) is 0 Å². The first-order valence-corrected chi connectivity index (χ1v) is 5.55. The van der Waals surface area contributed by atoms with Crippen LogP contribution in [0.2, 0.25) is 0 Å². The molecule has 0 fully saturated rings. The number of fused-ring (bicyclic) bond motifs is 3. The average Bonchev–Trinajstić information content (AvgIpc) is 2.71. The van der Waals surface area contributed by atoms with Crippen LogP contribution in [-0.4, -0.2) is 14.5 Å². The summed E-state index contributed by atoms with van der Waals surface area (Å²) in [5.74, 6) is 1.03. The van der Waals surface area contributed by atoms with Crippen molar-refractivity contribution in [2.75, 3.05) is 0 Å². The Balaban J connectivity index is 2.18. The van der Waals surface area contributed by atoms with Gasteiger partial charge in [-0.15, -0.1) is 0 Å². The average molecular weight is 229 g/mol. The summed E-state index contributed by atoms with van der Waals surface area (Å²) in [5, 5.41) is 10.8. The Labute approximate surface area is 97.9 Å². The number of benzene rings is 1. The molecular weight excluding hydrogens is 218 g/mol. The Bertz CT molecular complexity index is 589. The van der Waals surface area contributed by atoms with Crippen LogP contribution in [0.3, 0.4) is 0 Å². The number of hydrogen-bond acceptors (Lipinski definition) is 3. The third-order valence-corrected chi connectivity index (χ3v) is 3.10. The molecule has 2 aromatic rings. The van der Waals surface area contributed by atoms with Gasteiger partial charge >= 0.3 is 0 Å². The van der Waals surface area contributed by atoms with Crippen molar-refractivity contribution < 1.29 is 4.92 Å². The third-order valence-electron chi connectivity index (χ3n) is 3.10. The summed E-state index contributed by atoms with van der Waals surface area (Å²) in [4.78, 5) is 14.7. The Morgan fingerprint density at radius 2 is 2.24 bits per heavy atom. The van der Waals surface area contributed by atoms with Crippen molar-refractivity contribution in [3.8, 4) is 5.69 Å². The van der Waals surface area contributed by atoms with E-state index in [2.05, 4.69) is 4.98 Å². The summed E-state index contributed by atoms with van der Waals surface area (Å²) in [6.45, 7) is 0. The molecule has 0 N–H and O–H groups in total. The SMILES string of the molecule is O=[N+]([O-])c1ccc2c(c1)CCCc1nccn1-2. The fourth-order valence-electron chi connectivity index (χ4n) is 2.30. The van der Waals surface area contributed by atoms with E-state index in [1.807, 2.05) is 16.8 Å². The predicted molar refractivity (Wildman–Crippen MR) is 62.2 cm³/mol. The number of aryl methyl sites for hydroxylation is 2. The highest BCUT2D eigenvalue weighted by Gasteiger charge is 2.17. The van der Waals surface area contributed by atoms with Gasteiger partial charge in [0.2, 0.25) is 0 Å². The lowest BCUT2D eigenvalue weighted by Crippen LogP contribution is -2.00. The number of non-ortho nitro benzene ring substituents is 1. The van der Waals surface area contributed by atoms with E-state index in [0.29, 0.717) is 0 Å². The van der Waals surface area contributed by atoms with Crippen molar-refractivity contribution in [2.24, 2.45) is 0 Å². The molecule has 0 spiro atoms. The standard InChI is InChI=1S/C12H11N3O2/c16-15(17)10-4-5-11-9(8-10)2-1-3-12-13-6-7-14(11)12/h4-8H,1-3H2. The van der Waals surface area contributed by atoms with Crippen molar-refractivity contribution >= 4 is 5.69 Å². The molecule has 0 unspecified atom stereocenters. The van der Waals surface area contributed by atoms with Gasteiger partial charge in [0, 0.05) is 30.9 Å². The van der Waals surface area contributed by atoms with E-state index in [4.69, 9.17) is 0 Å². The second-order valence-electron chi connectivity index (χ2n) is 4.14. The highest BCUT2D eigenvalue weighted by molar-refractivity contribution is 5.49. The van der Waals surface area contributed by atoms with Gasteiger partial charge < -0.3 is 4.57 Å². The Morgan fingerprint density at radius 1 is 1.35 bits per heavy atom. The normalized spacial score (nSPS) is 13.6. The zero-order valence-corrected chi connectivity index (χ0v) is 9.17. The molecule has 1 aromatic carbocycles. The zero-order chi connectivity index (χ0) is 11.8. The lowest BCUT2D eigenvalue weighted by molar-refractivity contribution is -0.384. The molecule has 0 saturated heterocycles. The van der Waals surface area contributed by atoms with Gasteiger partial charge in [0.1, 0.15) is 5.82 Å². The molecule has 86 valence electrons. The molecule has 0 bridgehead atoms. The Hall–Kier alpha value is -2.17. The number of imidazole rings is 1. The summed E-state index contributed by atoms with van der Waals surface area (Å²) >= 11 is 0. The first kappa shape index (κ1) is 10.0. The van der Waals surface area contributed by atoms with Gasteiger partial charge in [-0.25, -0.2) is 4.98 Å². The number of nitrogens with zero attached hydrogens (tertiary/aromatic N) is 3. The zero-order valence-electron chi connectivity index (χ0n) is 9.17. The lowest BCUT2D eigenvalue weighted by atomic mass is 10.1. The van der Waals surface area contributed by atoms with E-state index in [0.717, 1.165) is 36.3 Å². The first-order chi connectivity index (χ1) is 8.25. The molecule has 5 heteroatoms. The highest BCUT2D eigenvalue weighted by Crippen LogP contribution is 2.26.